The third-order valence-corrected chi connectivity index (χ3v) is 16.0. The number of amides is 2. The van der Waals surface area contributed by atoms with E-state index in [9.17, 15) is 39.0 Å². The standard InChI is InChI=1S/C59H72N2O19/c1-34-41(76-52(67)47(45(38-20-14-10-15-21-38)61-54(69)80-55(4,5)6)77-43(64)32-72-27-26-71-25-24-60-53(68)73-31-37-18-12-9-13-19-37)30-59(70)50(78-51(66)39-22-16-11-17-23-39)48-57(49(65)46(75-35(2)62)44(34)56(59,7)8)29-40(57)28-42-58(48,33-74-42)79-36(3)63/h9-23,40-42,45-50,65,70H,24-33H2,1-8H3,(H,60,68)(H,61,69)/t40-,41?,42-,45+,46-,47-,48+,49?,50+,57-,58+,59-/m1/s1. The smallest absolute Gasteiger partial charge is 0.408 e. The molecule has 80 heavy (non-hydrogen) atoms. The number of rotatable bonds is 20. The van der Waals surface area contributed by atoms with Crippen molar-refractivity contribution >= 4 is 42.0 Å². The first-order chi connectivity index (χ1) is 37.9. The Bertz CT molecular complexity index is 2790. The van der Waals surface area contributed by atoms with Gasteiger partial charge in [-0.25, -0.2) is 24.0 Å². The van der Waals surface area contributed by atoms with Crippen molar-refractivity contribution in [2.75, 3.05) is 39.6 Å². The van der Waals surface area contributed by atoms with Crippen LogP contribution in [0.25, 0.3) is 0 Å². The summed E-state index contributed by atoms with van der Waals surface area (Å²) in [5.74, 6) is -6.15. The molecule has 12 atom stereocenters. The van der Waals surface area contributed by atoms with Gasteiger partial charge in [0.15, 0.2) is 11.7 Å². The Morgan fingerprint density at radius 3 is 2.08 bits per heavy atom. The average Bonchev–Trinajstić information content (AvgIpc) is 4.22. The third kappa shape index (κ3) is 12.4. The molecule has 2 unspecified atom stereocenters. The summed E-state index contributed by atoms with van der Waals surface area (Å²) in [5.41, 5.74) is -6.14. The highest BCUT2D eigenvalue weighted by Crippen LogP contribution is 2.76. The minimum atomic E-state index is -2.32. The van der Waals surface area contributed by atoms with Gasteiger partial charge in [0.05, 0.1) is 37.9 Å². The van der Waals surface area contributed by atoms with E-state index < -0.39 is 131 Å². The first-order valence-electron chi connectivity index (χ1n) is 26.8. The molecule has 3 saturated carbocycles. The topological polar surface area (TPSA) is 276 Å². The quantitative estimate of drug-likeness (QED) is 0.0452. The number of hydrogen-bond acceptors (Lipinski definition) is 19. The predicted molar refractivity (Wildman–Crippen MR) is 281 cm³/mol. The van der Waals surface area contributed by atoms with Crippen molar-refractivity contribution in [2.24, 2.45) is 22.7 Å². The van der Waals surface area contributed by atoms with Gasteiger partial charge in [-0.3, -0.25) is 9.59 Å². The van der Waals surface area contributed by atoms with Crippen molar-refractivity contribution in [1.82, 2.24) is 10.6 Å². The van der Waals surface area contributed by atoms with Gasteiger partial charge in [-0.2, -0.15) is 0 Å². The second kappa shape index (κ2) is 24.0. The highest BCUT2D eigenvalue weighted by Gasteiger charge is 2.84. The second-order valence-corrected chi connectivity index (χ2v) is 22.6. The Morgan fingerprint density at radius 2 is 1.45 bits per heavy atom. The largest absolute Gasteiger partial charge is 0.455 e. The van der Waals surface area contributed by atoms with Crippen LogP contribution in [0.2, 0.25) is 0 Å². The molecule has 0 radical (unpaired) electrons. The molecule has 3 aromatic carbocycles. The lowest BCUT2D eigenvalue weighted by atomic mass is 9.48. The molecular formula is C59H72N2O19. The van der Waals surface area contributed by atoms with E-state index in [0.29, 0.717) is 12.8 Å². The molecule has 4 fully saturated rings. The highest BCUT2D eigenvalue weighted by molar-refractivity contribution is 5.89. The minimum absolute atomic E-state index is 0.00971. The third-order valence-electron chi connectivity index (χ3n) is 16.0. The molecule has 3 aromatic rings. The SMILES string of the molecule is CC(=O)O[C@@H]1C2=C(C)C(OC(=O)[C@H](OC(=O)COCCOCCNC(=O)OCc3ccccc3)[C@@H](NC(=O)OC(C)(C)C)c3ccccc3)C[C@@](O)([C@@H](OC(=O)c3ccccc3)[C@@H]3[C@]4(OC(C)=O)CO[C@@H]4C[C@@H]4C[C@@]43C1O)C2(C)C. The molecule has 4 N–H and O–H groups in total. The molecular weight excluding hydrogens is 1040 g/mol. The van der Waals surface area contributed by atoms with Crippen LogP contribution in [-0.4, -0.2) is 145 Å². The van der Waals surface area contributed by atoms with Crippen LogP contribution in [0.15, 0.2) is 102 Å². The van der Waals surface area contributed by atoms with E-state index in [4.69, 9.17) is 47.4 Å². The molecule has 5 aliphatic rings. The molecule has 0 aromatic heterocycles. The number of aliphatic hydroxyl groups is 2. The summed E-state index contributed by atoms with van der Waals surface area (Å²) in [6.45, 7) is 11.5. The molecule has 2 amide bonds. The van der Waals surface area contributed by atoms with Crippen LogP contribution >= 0.6 is 0 Å². The number of ether oxygens (including phenoxy) is 10. The molecule has 1 spiro atoms. The number of esters is 5. The molecule has 8 rings (SSSR count). The summed E-state index contributed by atoms with van der Waals surface area (Å²) in [6, 6.07) is 23.9. The average molecular weight is 1110 g/mol. The normalized spacial score (nSPS) is 28.6. The van der Waals surface area contributed by atoms with Crippen LogP contribution in [0.5, 0.6) is 0 Å². The zero-order chi connectivity index (χ0) is 57.8. The first kappa shape index (κ1) is 59.2. The number of carbonyl (C=O) groups excluding carboxylic acids is 7. The zero-order valence-corrected chi connectivity index (χ0v) is 46.3. The van der Waals surface area contributed by atoms with E-state index in [0.717, 1.165) is 5.56 Å². The summed E-state index contributed by atoms with van der Waals surface area (Å²) < 4.78 is 59.3. The fraction of sp³-hybridized carbons (Fsp3) is 0.542. The Balaban J connectivity index is 1.11. The van der Waals surface area contributed by atoms with Gasteiger partial charge in [0.1, 0.15) is 54.9 Å². The number of aliphatic hydroxyl groups excluding tert-OH is 1. The van der Waals surface area contributed by atoms with Gasteiger partial charge in [-0.1, -0.05) is 92.7 Å². The molecule has 1 heterocycles. The van der Waals surface area contributed by atoms with E-state index in [-0.39, 0.29) is 67.8 Å². The Kier molecular flexibility index (Phi) is 17.8. The fourth-order valence-corrected chi connectivity index (χ4v) is 12.4. The molecule has 2 bridgehead atoms. The zero-order valence-electron chi connectivity index (χ0n) is 46.3. The van der Waals surface area contributed by atoms with Gasteiger partial charge >= 0.3 is 42.0 Å². The molecule has 4 aliphatic carbocycles. The first-order valence-corrected chi connectivity index (χ1v) is 26.8. The van der Waals surface area contributed by atoms with Gasteiger partial charge in [0.2, 0.25) is 6.10 Å². The van der Waals surface area contributed by atoms with Crippen LogP contribution in [0.4, 0.5) is 9.59 Å². The van der Waals surface area contributed by atoms with Crippen LogP contribution in [0, 0.1) is 22.7 Å². The summed E-state index contributed by atoms with van der Waals surface area (Å²) in [5, 5.41) is 32.4. The van der Waals surface area contributed by atoms with Crippen molar-refractivity contribution in [3.63, 3.8) is 0 Å². The van der Waals surface area contributed by atoms with E-state index >= 15 is 4.79 Å². The molecule has 432 valence electrons. The lowest BCUT2D eigenvalue weighted by Gasteiger charge is -2.65. The van der Waals surface area contributed by atoms with Crippen LogP contribution < -0.4 is 10.6 Å². The fourth-order valence-electron chi connectivity index (χ4n) is 12.4. The number of benzene rings is 3. The van der Waals surface area contributed by atoms with E-state index in [2.05, 4.69) is 10.6 Å². The lowest BCUT2D eigenvalue weighted by molar-refractivity contribution is -0.335. The molecule has 1 aliphatic heterocycles. The van der Waals surface area contributed by atoms with Gasteiger partial charge in [-0.05, 0) is 80.9 Å². The Hall–Kier alpha value is -6.91. The number of fused-ring (bicyclic) bond motifs is 4. The van der Waals surface area contributed by atoms with E-state index in [1.54, 1.807) is 90.1 Å². The maximum Gasteiger partial charge on any atom is 0.408 e. The maximum absolute atomic E-state index is 15.3. The summed E-state index contributed by atoms with van der Waals surface area (Å²) in [6.07, 6.45) is -10.5. The Labute approximate surface area is 464 Å². The highest BCUT2D eigenvalue weighted by atomic mass is 16.6. The summed E-state index contributed by atoms with van der Waals surface area (Å²) in [4.78, 5) is 96.0. The van der Waals surface area contributed by atoms with Crippen LogP contribution in [-0.2, 0) is 73.2 Å². The summed E-state index contributed by atoms with van der Waals surface area (Å²) in [7, 11) is 0. The molecule has 1 saturated heterocycles. The van der Waals surface area contributed by atoms with Crippen molar-refractivity contribution < 1.29 is 91.1 Å². The van der Waals surface area contributed by atoms with Gasteiger partial charge in [0.25, 0.3) is 0 Å². The molecule has 21 heteroatoms. The summed E-state index contributed by atoms with van der Waals surface area (Å²) >= 11 is 0. The number of nitrogens with one attached hydrogen (secondary N) is 2. The van der Waals surface area contributed by atoms with Crippen LogP contribution in [0.1, 0.15) is 102 Å². The van der Waals surface area contributed by atoms with Crippen molar-refractivity contribution in [3.8, 4) is 0 Å². The number of hydrogen-bond donors (Lipinski definition) is 4. The second-order valence-electron chi connectivity index (χ2n) is 22.6. The number of carbonyl (C=O) groups is 7. The Morgan fingerprint density at radius 1 is 0.800 bits per heavy atom. The van der Waals surface area contributed by atoms with E-state index in [1.807, 2.05) is 30.3 Å². The van der Waals surface area contributed by atoms with Crippen LogP contribution in [0.3, 0.4) is 0 Å². The van der Waals surface area contributed by atoms with Crippen molar-refractivity contribution in [3.05, 3.63) is 119 Å². The van der Waals surface area contributed by atoms with Crippen molar-refractivity contribution in [2.45, 2.75) is 141 Å². The van der Waals surface area contributed by atoms with E-state index in [1.165, 1.54) is 26.0 Å². The van der Waals surface area contributed by atoms with Gasteiger partial charge in [-0.15, -0.1) is 0 Å². The van der Waals surface area contributed by atoms with Gasteiger partial charge in [0, 0.05) is 37.6 Å². The lowest BCUT2D eigenvalue weighted by Crippen LogP contribution is -2.78. The predicted octanol–water partition coefficient (Wildman–Crippen LogP) is 5.77. The minimum Gasteiger partial charge on any atom is -0.455 e. The van der Waals surface area contributed by atoms with Gasteiger partial charge < -0.3 is 68.2 Å². The number of alkyl carbamates (subject to hydrolysis) is 2. The maximum atomic E-state index is 15.3. The molecule has 21 nitrogen and oxygen atoms in total. The van der Waals surface area contributed by atoms with Crippen molar-refractivity contribution in [1.29, 1.82) is 0 Å². The monoisotopic (exact) mass is 1110 g/mol.